The number of likely N-dealkylation sites (N-methyl/N-ethyl adjacent to an activating group) is 1. The van der Waals surface area contributed by atoms with Crippen molar-refractivity contribution in [2.45, 2.75) is 25.4 Å². The Morgan fingerprint density at radius 3 is 2.64 bits per heavy atom. The Bertz CT molecular complexity index is 508. The summed E-state index contributed by atoms with van der Waals surface area (Å²) >= 11 is 6.04. The minimum Gasteiger partial charge on any atom is -0.480 e. The van der Waals surface area contributed by atoms with Crippen LogP contribution in [0.3, 0.4) is 0 Å². The van der Waals surface area contributed by atoms with Gasteiger partial charge in [0, 0.05) is 17.6 Å². The highest BCUT2D eigenvalue weighted by Gasteiger charge is 2.23. The van der Waals surface area contributed by atoms with Crippen molar-refractivity contribution >= 4 is 30.0 Å². The number of carboxylic acid groups (broad SMARTS) is 1. The van der Waals surface area contributed by atoms with Gasteiger partial charge in [0.1, 0.15) is 5.82 Å². The summed E-state index contributed by atoms with van der Waals surface area (Å²) in [5.41, 5.74) is 0.926. The van der Waals surface area contributed by atoms with Gasteiger partial charge in [-0.05, 0) is 50.7 Å². The first kappa shape index (κ1) is 19.2. The fourth-order valence-electron chi connectivity index (χ4n) is 2.75. The van der Waals surface area contributed by atoms with Gasteiger partial charge >= 0.3 is 5.97 Å². The first-order valence-electron chi connectivity index (χ1n) is 7.04. The molecule has 0 unspecified atom stereocenters. The predicted octanol–water partition coefficient (Wildman–Crippen LogP) is 2.88. The van der Waals surface area contributed by atoms with Crippen LogP contribution in [0.4, 0.5) is 4.39 Å². The van der Waals surface area contributed by atoms with E-state index in [2.05, 4.69) is 4.90 Å². The molecule has 0 atom stereocenters. The lowest BCUT2D eigenvalue weighted by atomic mass is 10.0. The largest absolute Gasteiger partial charge is 0.480 e. The van der Waals surface area contributed by atoms with Gasteiger partial charge in [0.15, 0.2) is 0 Å². The van der Waals surface area contributed by atoms with Gasteiger partial charge < -0.3 is 5.11 Å². The number of carboxylic acids is 1. The molecule has 1 N–H and O–H groups in total. The SMILES string of the molecule is CN(CC(=O)O)C1CCN(Cc2ccc(F)cc2Cl)CC1.Cl. The summed E-state index contributed by atoms with van der Waals surface area (Å²) in [6, 6.07) is 4.79. The second-order valence-electron chi connectivity index (χ2n) is 5.55. The van der Waals surface area contributed by atoms with Gasteiger partial charge in [-0.3, -0.25) is 14.6 Å². The molecule has 0 saturated carbocycles. The van der Waals surface area contributed by atoms with E-state index in [0.29, 0.717) is 17.6 Å². The number of halogens is 3. The Morgan fingerprint density at radius 2 is 2.09 bits per heavy atom. The molecule has 1 aromatic rings. The molecule has 0 spiro atoms. The number of nitrogens with zero attached hydrogens (tertiary/aromatic N) is 2. The maximum atomic E-state index is 13.0. The van der Waals surface area contributed by atoms with E-state index in [9.17, 15) is 9.18 Å². The third-order valence-corrected chi connectivity index (χ3v) is 4.33. The Hall–Kier alpha value is -0.880. The van der Waals surface area contributed by atoms with Crippen molar-refractivity contribution in [2.75, 3.05) is 26.7 Å². The molecule has 1 heterocycles. The maximum absolute atomic E-state index is 13.0. The van der Waals surface area contributed by atoms with E-state index in [-0.39, 0.29) is 24.8 Å². The summed E-state index contributed by atoms with van der Waals surface area (Å²) in [5, 5.41) is 9.28. The molecular weight excluding hydrogens is 330 g/mol. The highest BCUT2D eigenvalue weighted by atomic mass is 35.5. The fraction of sp³-hybridized carbons (Fsp3) is 0.533. The zero-order chi connectivity index (χ0) is 15.4. The molecule has 1 aliphatic heterocycles. The smallest absolute Gasteiger partial charge is 0.317 e. The summed E-state index contributed by atoms with van der Waals surface area (Å²) < 4.78 is 13.0. The lowest BCUT2D eigenvalue weighted by molar-refractivity contribution is -0.138. The molecular formula is C15H21Cl2FN2O2. The Labute approximate surface area is 141 Å². The maximum Gasteiger partial charge on any atom is 0.317 e. The van der Waals surface area contributed by atoms with Crippen LogP contribution >= 0.6 is 24.0 Å². The van der Waals surface area contributed by atoms with Gasteiger partial charge in [0.2, 0.25) is 0 Å². The number of carbonyl (C=O) groups is 1. The average molecular weight is 351 g/mol. The highest BCUT2D eigenvalue weighted by Crippen LogP contribution is 2.22. The topological polar surface area (TPSA) is 43.8 Å². The molecule has 0 radical (unpaired) electrons. The molecule has 22 heavy (non-hydrogen) atoms. The van der Waals surface area contributed by atoms with Gasteiger partial charge in [-0.2, -0.15) is 0 Å². The fourth-order valence-corrected chi connectivity index (χ4v) is 2.98. The van der Waals surface area contributed by atoms with Crippen LogP contribution in [0.1, 0.15) is 18.4 Å². The monoisotopic (exact) mass is 350 g/mol. The van der Waals surface area contributed by atoms with E-state index in [1.165, 1.54) is 12.1 Å². The van der Waals surface area contributed by atoms with E-state index >= 15 is 0 Å². The van der Waals surface area contributed by atoms with Crippen LogP contribution in [0.15, 0.2) is 18.2 Å². The van der Waals surface area contributed by atoms with E-state index < -0.39 is 5.97 Å². The quantitative estimate of drug-likeness (QED) is 0.886. The summed E-state index contributed by atoms with van der Waals surface area (Å²) in [7, 11) is 1.85. The minimum absolute atomic E-state index is 0. The second-order valence-corrected chi connectivity index (χ2v) is 5.96. The molecule has 0 amide bonds. The molecule has 1 aliphatic rings. The molecule has 1 fully saturated rings. The van der Waals surface area contributed by atoms with Gasteiger partial charge in [0.25, 0.3) is 0 Å². The molecule has 124 valence electrons. The number of benzene rings is 1. The van der Waals surface area contributed by atoms with Gasteiger partial charge in [-0.1, -0.05) is 17.7 Å². The minimum atomic E-state index is -0.793. The second kappa shape index (κ2) is 8.67. The van der Waals surface area contributed by atoms with Crippen LogP contribution in [0.25, 0.3) is 0 Å². The van der Waals surface area contributed by atoms with Crippen LogP contribution in [-0.4, -0.2) is 53.6 Å². The molecule has 1 aromatic carbocycles. The first-order chi connectivity index (χ1) is 9.95. The molecule has 1 saturated heterocycles. The summed E-state index contributed by atoms with van der Waals surface area (Å²) in [6.07, 6.45) is 1.87. The molecule has 7 heteroatoms. The normalized spacial score (nSPS) is 16.5. The molecule has 2 rings (SSSR count). The highest BCUT2D eigenvalue weighted by molar-refractivity contribution is 6.31. The number of aliphatic carboxylic acids is 1. The van der Waals surface area contributed by atoms with E-state index in [1.54, 1.807) is 6.07 Å². The van der Waals surface area contributed by atoms with Crippen molar-refractivity contribution in [1.29, 1.82) is 0 Å². The predicted molar refractivity (Wildman–Crippen MR) is 87.2 cm³/mol. The number of rotatable bonds is 5. The molecule has 4 nitrogen and oxygen atoms in total. The van der Waals surface area contributed by atoms with Crippen molar-refractivity contribution in [1.82, 2.24) is 9.80 Å². The zero-order valence-electron chi connectivity index (χ0n) is 12.5. The van der Waals surface area contributed by atoms with Gasteiger partial charge in [-0.25, -0.2) is 4.39 Å². The van der Waals surface area contributed by atoms with Crippen LogP contribution < -0.4 is 0 Å². The number of likely N-dealkylation sites (tertiary alicyclic amines) is 1. The molecule has 0 bridgehead atoms. The van der Waals surface area contributed by atoms with Gasteiger partial charge in [-0.15, -0.1) is 12.4 Å². The van der Waals surface area contributed by atoms with E-state index in [0.717, 1.165) is 31.5 Å². The number of hydrogen-bond donors (Lipinski definition) is 1. The average Bonchev–Trinajstić information content (AvgIpc) is 2.42. The Morgan fingerprint density at radius 1 is 1.45 bits per heavy atom. The van der Waals surface area contributed by atoms with Crippen molar-refractivity contribution in [3.63, 3.8) is 0 Å². The van der Waals surface area contributed by atoms with Crippen molar-refractivity contribution in [3.05, 3.63) is 34.6 Å². The van der Waals surface area contributed by atoms with Gasteiger partial charge in [0.05, 0.1) is 6.54 Å². The number of piperidine rings is 1. The first-order valence-corrected chi connectivity index (χ1v) is 7.42. The third kappa shape index (κ3) is 5.39. The van der Waals surface area contributed by atoms with Crippen molar-refractivity contribution < 1.29 is 14.3 Å². The lowest BCUT2D eigenvalue weighted by Gasteiger charge is -2.36. The standard InChI is InChI=1S/C15H20ClFN2O2.ClH/c1-18(10-15(20)21)13-4-6-19(7-5-13)9-11-2-3-12(17)8-14(11)16;/h2-3,8,13H,4-7,9-10H2,1H3,(H,20,21);1H. The van der Waals surface area contributed by atoms with Crippen LogP contribution in [0.2, 0.25) is 5.02 Å². The van der Waals surface area contributed by atoms with E-state index in [4.69, 9.17) is 16.7 Å². The number of hydrogen-bond acceptors (Lipinski definition) is 3. The van der Waals surface area contributed by atoms with Crippen molar-refractivity contribution in [3.8, 4) is 0 Å². The Balaban J connectivity index is 0.00000242. The third-order valence-electron chi connectivity index (χ3n) is 3.97. The van der Waals surface area contributed by atoms with Crippen LogP contribution in [0, 0.1) is 5.82 Å². The summed E-state index contributed by atoms with van der Waals surface area (Å²) in [6.45, 7) is 2.56. The van der Waals surface area contributed by atoms with Crippen LogP contribution in [-0.2, 0) is 11.3 Å². The van der Waals surface area contributed by atoms with Crippen LogP contribution in [0.5, 0.6) is 0 Å². The lowest BCUT2D eigenvalue weighted by Crippen LogP contribution is -2.44. The molecule has 0 aliphatic carbocycles. The van der Waals surface area contributed by atoms with Crippen molar-refractivity contribution in [2.24, 2.45) is 0 Å². The molecule has 0 aromatic heterocycles. The Kier molecular flexibility index (Phi) is 7.56. The van der Waals surface area contributed by atoms with E-state index in [1.807, 2.05) is 11.9 Å². The summed E-state index contributed by atoms with van der Waals surface area (Å²) in [4.78, 5) is 14.9. The summed E-state index contributed by atoms with van der Waals surface area (Å²) in [5.74, 6) is -1.12. The zero-order valence-corrected chi connectivity index (χ0v) is 14.0.